The lowest BCUT2D eigenvalue weighted by Crippen LogP contribution is -2.86. The first-order valence-corrected chi connectivity index (χ1v) is 8.43. The summed E-state index contributed by atoms with van der Waals surface area (Å²) in [4.78, 5) is 22.5. The second kappa shape index (κ2) is 8.49. The highest BCUT2D eigenvalue weighted by Crippen LogP contribution is 2.27. The minimum atomic E-state index is -0.596. The molecule has 3 N–H and O–H groups in total. The Morgan fingerprint density at radius 1 is 1.20 bits per heavy atom. The molecule has 2 rings (SSSR count). The van der Waals surface area contributed by atoms with Crippen molar-refractivity contribution in [2.45, 2.75) is 13.0 Å². The first kappa shape index (κ1) is 19.5. The fourth-order valence-electron chi connectivity index (χ4n) is 2.24. The topological polar surface area (TPSA) is 88.8 Å². The van der Waals surface area contributed by atoms with E-state index in [1.807, 2.05) is 6.92 Å². The average molecular weight is 404 g/mol. The molecule has 0 fully saturated rings. The number of nitro benzene ring substituents is 1. The minimum absolute atomic E-state index is 0.0693. The summed E-state index contributed by atoms with van der Waals surface area (Å²) >= 11 is 17.8. The number of quaternary nitrogens is 1. The molecular weight excluding hydrogens is 389 g/mol. The molecule has 1 atom stereocenters. The summed E-state index contributed by atoms with van der Waals surface area (Å²) in [5, 5.41) is 16.6. The molecule has 132 valence electrons. The van der Waals surface area contributed by atoms with Crippen molar-refractivity contribution in [3.05, 3.63) is 67.1 Å². The van der Waals surface area contributed by atoms with Gasteiger partial charge in [0.2, 0.25) is 0 Å². The van der Waals surface area contributed by atoms with Crippen LogP contribution in [0.3, 0.4) is 0 Å². The zero-order valence-corrected chi connectivity index (χ0v) is 15.4. The maximum Gasteiger partial charge on any atom is 0.294 e. The maximum absolute atomic E-state index is 12.1. The van der Waals surface area contributed by atoms with Crippen molar-refractivity contribution in [1.82, 2.24) is 0 Å². The summed E-state index contributed by atoms with van der Waals surface area (Å²) in [5.74, 6) is -0.373. The standard InChI is InChI=1S/C16H14Cl3N3O3/c1-9(12-4-2-10(17)6-13(12)19)20-8-16(23)21-14-5-3-11(18)7-15(14)22(24)25/h2-7,9,20H,8H2,1H3,(H,21,23)/p+1/t9-/m0/s1. The number of nitrogens with one attached hydrogen (secondary N) is 1. The van der Waals surface area contributed by atoms with Crippen LogP contribution in [0.25, 0.3) is 0 Å². The van der Waals surface area contributed by atoms with Crippen molar-refractivity contribution in [2.75, 3.05) is 11.9 Å². The molecule has 0 aromatic heterocycles. The van der Waals surface area contributed by atoms with Crippen LogP contribution in [-0.2, 0) is 4.79 Å². The monoisotopic (exact) mass is 402 g/mol. The van der Waals surface area contributed by atoms with Crippen LogP contribution in [0.2, 0.25) is 15.1 Å². The molecular formula is C16H15Cl3N3O3+. The van der Waals surface area contributed by atoms with Gasteiger partial charge >= 0.3 is 0 Å². The Labute approximate surface area is 159 Å². The second-order valence-electron chi connectivity index (χ2n) is 5.36. The number of rotatable bonds is 6. The van der Waals surface area contributed by atoms with E-state index >= 15 is 0 Å². The lowest BCUT2D eigenvalue weighted by molar-refractivity contribution is -0.682. The van der Waals surface area contributed by atoms with Crippen molar-refractivity contribution in [3.8, 4) is 0 Å². The third-order valence-corrected chi connectivity index (χ3v) is 4.34. The number of carbonyl (C=O) groups excluding carboxylic acids is 1. The molecule has 6 nitrogen and oxygen atoms in total. The molecule has 9 heteroatoms. The number of anilines is 1. The van der Waals surface area contributed by atoms with E-state index < -0.39 is 4.92 Å². The van der Waals surface area contributed by atoms with E-state index in [9.17, 15) is 14.9 Å². The van der Waals surface area contributed by atoms with E-state index in [1.165, 1.54) is 18.2 Å². The molecule has 0 aliphatic rings. The van der Waals surface area contributed by atoms with Gasteiger partial charge in [-0.2, -0.15) is 0 Å². The minimum Gasteiger partial charge on any atom is -0.332 e. The highest BCUT2D eigenvalue weighted by molar-refractivity contribution is 6.35. The molecule has 0 radical (unpaired) electrons. The largest absolute Gasteiger partial charge is 0.332 e. The molecule has 0 saturated carbocycles. The molecule has 2 aromatic carbocycles. The zero-order chi connectivity index (χ0) is 18.6. The summed E-state index contributed by atoms with van der Waals surface area (Å²) in [6, 6.07) is 9.15. The number of hydrogen-bond donors (Lipinski definition) is 2. The van der Waals surface area contributed by atoms with Gasteiger partial charge in [-0.1, -0.05) is 40.9 Å². The predicted molar refractivity (Wildman–Crippen MR) is 98.4 cm³/mol. The molecule has 25 heavy (non-hydrogen) atoms. The van der Waals surface area contributed by atoms with Crippen LogP contribution in [0.4, 0.5) is 11.4 Å². The highest BCUT2D eigenvalue weighted by Gasteiger charge is 2.19. The van der Waals surface area contributed by atoms with E-state index in [2.05, 4.69) is 5.32 Å². The van der Waals surface area contributed by atoms with Crippen LogP contribution in [0.1, 0.15) is 18.5 Å². The quantitative estimate of drug-likeness (QED) is 0.567. The fourth-order valence-corrected chi connectivity index (χ4v) is 2.99. The van der Waals surface area contributed by atoms with E-state index in [0.29, 0.717) is 10.0 Å². The Bertz CT molecular complexity index is 814. The first-order chi connectivity index (χ1) is 11.8. The second-order valence-corrected chi connectivity index (χ2v) is 6.64. The molecule has 2 aromatic rings. The molecule has 0 heterocycles. The number of halogens is 3. The smallest absolute Gasteiger partial charge is 0.294 e. The summed E-state index contributed by atoms with van der Waals surface area (Å²) in [6.45, 7) is 1.97. The third kappa shape index (κ3) is 5.31. The molecule has 0 bridgehead atoms. The van der Waals surface area contributed by atoms with Gasteiger partial charge in [-0.25, -0.2) is 0 Å². The maximum atomic E-state index is 12.1. The average Bonchev–Trinajstić information content (AvgIpc) is 2.54. The lowest BCUT2D eigenvalue weighted by Gasteiger charge is -2.13. The fraction of sp³-hybridized carbons (Fsp3) is 0.188. The van der Waals surface area contributed by atoms with Crippen molar-refractivity contribution in [1.29, 1.82) is 0 Å². The third-order valence-electron chi connectivity index (χ3n) is 3.54. The summed E-state index contributed by atoms with van der Waals surface area (Å²) in [6.07, 6.45) is 0. The van der Waals surface area contributed by atoms with E-state index in [-0.39, 0.29) is 34.9 Å². The van der Waals surface area contributed by atoms with Gasteiger partial charge in [0, 0.05) is 21.7 Å². The number of carbonyl (C=O) groups is 1. The number of hydrogen-bond acceptors (Lipinski definition) is 3. The van der Waals surface area contributed by atoms with Crippen molar-refractivity contribution < 1.29 is 15.0 Å². The highest BCUT2D eigenvalue weighted by atomic mass is 35.5. The summed E-state index contributed by atoms with van der Waals surface area (Å²) in [5.41, 5.74) is 0.691. The molecule has 0 unspecified atom stereocenters. The Morgan fingerprint density at radius 2 is 1.84 bits per heavy atom. The Balaban J connectivity index is 2.00. The van der Waals surface area contributed by atoms with Crippen LogP contribution < -0.4 is 10.6 Å². The Hall–Kier alpha value is -1.86. The van der Waals surface area contributed by atoms with Crippen LogP contribution in [0.5, 0.6) is 0 Å². The summed E-state index contributed by atoms with van der Waals surface area (Å²) in [7, 11) is 0. The number of amides is 1. The van der Waals surface area contributed by atoms with Gasteiger partial charge in [0.1, 0.15) is 11.7 Å². The van der Waals surface area contributed by atoms with Crippen LogP contribution in [0.15, 0.2) is 36.4 Å². The zero-order valence-electron chi connectivity index (χ0n) is 13.1. The Kier molecular flexibility index (Phi) is 6.61. The van der Waals surface area contributed by atoms with Crippen molar-refractivity contribution in [3.63, 3.8) is 0 Å². The van der Waals surface area contributed by atoms with Gasteiger partial charge in [-0.15, -0.1) is 0 Å². The number of benzene rings is 2. The molecule has 0 aliphatic carbocycles. The van der Waals surface area contributed by atoms with E-state index in [4.69, 9.17) is 34.8 Å². The first-order valence-electron chi connectivity index (χ1n) is 7.30. The number of nitrogens with two attached hydrogens (primary N) is 1. The normalized spacial score (nSPS) is 11.8. The number of nitro groups is 1. The predicted octanol–water partition coefficient (Wildman–Crippen LogP) is 3.82. The van der Waals surface area contributed by atoms with Crippen molar-refractivity contribution in [2.24, 2.45) is 0 Å². The molecule has 0 saturated heterocycles. The van der Waals surface area contributed by atoms with Gasteiger partial charge in [0.05, 0.1) is 9.95 Å². The lowest BCUT2D eigenvalue weighted by atomic mass is 10.1. The number of nitrogens with zero attached hydrogens (tertiary/aromatic N) is 1. The molecule has 1 amide bonds. The molecule has 0 aliphatic heterocycles. The van der Waals surface area contributed by atoms with Gasteiger partial charge in [0.25, 0.3) is 11.6 Å². The van der Waals surface area contributed by atoms with Crippen LogP contribution in [0, 0.1) is 10.1 Å². The van der Waals surface area contributed by atoms with Gasteiger partial charge < -0.3 is 10.6 Å². The van der Waals surface area contributed by atoms with Gasteiger partial charge in [-0.3, -0.25) is 14.9 Å². The van der Waals surface area contributed by atoms with E-state index in [0.717, 1.165) is 5.56 Å². The van der Waals surface area contributed by atoms with Gasteiger partial charge in [-0.05, 0) is 31.2 Å². The Morgan fingerprint density at radius 3 is 2.48 bits per heavy atom. The van der Waals surface area contributed by atoms with Gasteiger partial charge in [0.15, 0.2) is 6.54 Å². The van der Waals surface area contributed by atoms with Crippen molar-refractivity contribution >= 4 is 52.1 Å². The SMILES string of the molecule is C[C@H]([NH2+]CC(=O)Nc1ccc(Cl)cc1[N+](=O)[O-])c1ccc(Cl)cc1Cl. The summed E-state index contributed by atoms with van der Waals surface area (Å²) < 4.78 is 0. The van der Waals surface area contributed by atoms with Crippen LogP contribution >= 0.6 is 34.8 Å². The molecule has 0 spiro atoms. The van der Waals surface area contributed by atoms with Crippen LogP contribution in [-0.4, -0.2) is 17.4 Å². The van der Waals surface area contributed by atoms with E-state index in [1.54, 1.807) is 23.5 Å².